The van der Waals surface area contributed by atoms with Crippen LogP contribution in [0, 0.1) is 0 Å². The summed E-state index contributed by atoms with van der Waals surface area (Å²) in [7, 11) is 0. The zero-order valence-electron chi connectivity index (χ0n) is 10.7. The van der Waals surface area contributed by atoms with Crippen molar-refractivity contribution in [1.82, 2.24) is 0 Å². The van der Waals surface area contributed by atoms with E-state index in [-0.39, 0.29) is 12.8 Å². The molecule has 0 aliphatic carbocycles. The van der Waals surface area contributed by atoms with Crippen molar-refractivity contribution in [2.24, 2.45) is 17.2 Å². The molecule has 0 aliphatic rings. The van der Waals surface area contributed by atoms with Gasteiger partial charge in [-0.25, -0.2) is 9.59 Å². The largest absolute Gasteiger partial charge is 0.481 e. The van der Waals surface area contributed by atoms with Crippen molar-refractivity contribution in [3.63, 3.8) is 0 Å². The summed E-state index contributed by atoms with van der Waals surface area (Å²) in [5.74, 6) is -2.89. The van der Waals surface area contributed by atoms with Crippen molar-refractivity contribution in [2.45, 2.75) is 44.2 Å². The predicted octanol–water partition coefficient (Wildman–Crippen LogP) is -1.30. The monoisotopic (exact) mass is 275 g/mol. The second-order valence-electron chi connectivity index (χ2n) is 4.17. The lowest BCUT2D eigenvalue weighted by atomic mass is 10.1. The van der Waals surface area contributed by atoms with E-state index in [4.69, 9.17) is 22.3 Å². The Labute approximate surface area is 111 Å². The summed E-state index contributed by atoms with van der Waals surface area (Å²) < 4.78 is 4.48. The minimum absolute atomic E-state index is 0.0934. The van der Waals surface area contributed by atoms with Crippen molar-refractivity contribution in [3.05, 3.63) is 0 Å². The van der Waals surface area contributed by atoms with Crippen molar-refractivity contribution < 1.29 is 24.2 Å². The van der Waals surface area contributed by atoms with Crippen LogP contribution in [0.15, 0.2) is 0 Å². The summed E-state index contributed by atoms with van der Waals surface area (Å²) >= 11 is 0. The lowest BCUT2D eigenvalue weighted by Crippen LogP contribution is -2.39. The maximum absolute atomic E-state index is 11.4. The lowest BCUT2D eigenvalue weighted by molar-refractivity contribution is -0.161. The lowest BCUT2D eigenvalue weighted by Gasteiger charge is -2.12. The number of hydrogen-bond acceptors (Lipinski definition) is 7. The topological polar surface area (TPSA) is 159 Å². The number of rotatable bonds is 9. The fourth-order valence-corrected chi connectivity index (χ4v) is 1.27. The molecule has 0 aromatic heterocycles. The van der Waals surface area contributed by atoms with Crippen LogP contribution in [-0.4, -0.2) is 41.6 Å². The van der Waals surface area contributed by atoms with Gasteiger partial charge in [0.1, 0.15) is 12.1 Å². The molecule has 0 aromatic rings. The molecule has 0 spiro atoms. The van der Waals surface area contributed by atoms with Crippen LogP contribution >= 0.6 is 0 Å². The Kier molecular flexibility index (Phi) is 8.68. The molecule has 0 saturated carbocycles. The third-order valence-corrected chi connectivity index (χ3v) is 2.45. The van der Waals surface area contributed by atoms with E-state index in [0.717, 1.165) is 6.42 Å². The third-order valence-electron chi connectivity index (χ3n) is 2.45. The Morgan fingerprint density at radius 3 is 2.00 bits per heavy atom. The molecule has 110 valence electrons. The predicted molar refractivity (Wildman–Crippen MR) is 66.8 cm³/mol. The number of unbranched alkanes of at least 4 members (excludes halogenated alkanes) is 1. The van der Waals surface area contributed by atoms with Crippen LogP contribution in [0.1, 0.15) is 32.1 Å². The summed E-state index contributed by atoms with van der Waals surface area (Å²) in [4.78, 5) is 33.1. The molecule has 8 nitrogen and oxygen atoms in total. The second kappa shape index (κ2) is 9.42. The number of hydrogen-bond donors (Lipinski definition) is 4. The molecule has 0 heterocycles. The first kappa shape index (κ1) is 17.5. The maximum Gasteiger partial charge on any atom is 0.330 e. The van der Waals surface area contributed by atoms with E-state index in [1.807, 2.05) is 0 Å². The molecular weight excluding hydrogens is 254 g/mol. The molecule has 2 atom stereocenters. The first-order valence-corrected chi connectivity index (χ1v) is 6.07. The van der Waals surface area contributed by atoms with Gasteiger partial charge in [0, 0.05) is 6.42 Å². The van der Waals surface area contributed by atoms with E-state index in [2.05, 4.69) is 4.74 Å². The van der Waals surface area contributed by atoms with Crippen LogP contribution in [0.5, 0.6) is 0 Å². The number of carbonyl (C=O) groups excluding carboxylic acids is 2. The molecule has 0 fully saturated rings. The number of carbonyl (C=O) groups is 3. The molecule has 8 heteroatoms. The summed E-state index contributed by atoms with van der Waals surface area (Å²) in [6, 6.07) is -2.04. The quantitative estimate of drug-likeness (QED) is 0.229. The molecule has 7 N–H and O–H groups in total. The molecule has 0 unspecified atom stereocenters. The van der Waals surface area contributed by atoms with Gasteiger partial charge >= 0.3 is 17.9 Å². The van der Waals surface area contributed by atoms with Crippen LogP contribution in [-0.2, 0) is 19.1 Å². The van der Waals surface area contributed by atoms with Crippen LogP contribution in [0.2, 0.25) is 0 Å². The van der Waals surface area contributed by atoms with Crippen LogP contribution in [0.3, 0.4) is 0 Å². The molecule has 0 radical (unpaired) electrons. The SMILES string of the molecule is NCCCC[C@H](N)C(=O)OC(=O)[C@@H](N)CCC(=O)O. The van der Waals surface area contributed by atoms with Crippen molar-refractivity contribution >= 4 is 17.9 Å². The standard InChI is InChI=1S/C11H21N3O5/c12-6-2-1-3-7(13)10(17)19-11(18)8(14)4-5-9(15)16/h7-8H,1-6,12-14H2,(H,15,16)/t7-,8-/m0/s1. The Morgan fingerprint density at radius 2 is 1.53 bits per heavy atom. The molecule has 0 amide bonds. The maximum atomic E-state index is 11.4. The number of ether oxygens (including phenoxy) is 1. The molecule has 0 aromatic carbocycles. The minimum Gasteiger partial charge on any atom is -0.481 e. The van der Waals surface area contributed by atoms with E-state index in [1.54, 1.807) is 0 Å². The second-order valence-corrected chi connectivity index (χ2v) is 4.17. The van der Waals surface area contributed by atoms with Gasteiger partial charge < -0.3 is 27.0 Å². The molecule has 0 saturated heterocycles. The number of aliphatic carboxylic acids is 1. The van der Waals surface area contributed by atoms with Gasteiger partial charge in [-0.2, -0.15) is 0 Å². The van der Waals surface area contributed by atoms with E-state index in [9.17, 15) is 14.4 Å². The highest BCUT2D eigenvalue weighted by Gasteiger charge is 2.23. The molecule has 0 bridgehead atoms. The van der Waals surface area contributed by atoms with Crippen LogP contribution in [0.25, 0.3) is 0 Å². The van der Waals surface area contributed by atoms with Gasteiger partial charge in [0.25, 0.3) is 0 Å². The van der Waals surface area contributed by atoms with Gasteiger partial charge in [-0.1, -0.05) is 6.42 Å². The van der Waals surface area contributed by atoms with Gasteiger partial charge in [-0.3, -0.25) is 4.79 Å². The molecule has 0 aliphatic heterocycles. The van der Waals surface area contributed by atoms with E-state index in [1.165, 1.54) is 0 Å². The van der Waals surface area contributed by atoms with Gasteiger partial charge in [0.05, 0.1) is 0 Å². The van der Waals surface area contributed by atoms with E-state index < -0.39 is 30.0 Å². The normalized spacial score (nSPS) is 13.6. The summed E-state index contributed by atoms with van der Waals surface area (Å²) in [6.07, 6.45) is 1.39. The fraction of sp³-hybridized carbons (Fsp3) is 0.727. The number of carboxylic acid groups (broad SMARTS) is 1. The molecule has 19 heavy (non-hydrogen) atoms. The molecule has 0 rings (SSSR count). The Hall–Kier alpha value is -1.51. The van der Waals surface area contributed by atoms with Gasteiger partial charge in [-0.15, -0.1) is 0 Å². The number of carboxylic acids is 1. The van der Waals surface area contributed by atoms with Crippen molar-refractivity contribution in [2.75, 3.05) is 6.54 Å². The third kappa shape index (κ3) is 8.25. The Bertz CT molecular complexity index is 321. The highest BCUT2D eigenvalue weighted by molar-refractivity contribution is 5.90. The highest BCUT2D eigenvalue weighted by Crippen LogP contribution is 2.03. The van der Waals surface area contributed by atoms with Gasteiger partial charge in [-0.05, 0) is 25.8 Å². The van der Waals surface area contributed by atoms with Crippen LogP contribution < -0.4 is 17.2 Å². The number of esters is 2. The highest BCUT2D eigenvalue weighted by atomic mass is 16.6. The average Bonchev–Trinajstić information content (AvgIpc) is 2.35. The van der Waals surface area contributed by atoms with Crippen molar-refractivity contribution in [1.29, 1.82) is 0 Å². The smallest absolute Gasteiger partial charge is 0.330 e. The molecular formula is C11H21N3O5. The van der Waals surface area contributed by atoms with Gasteiger partial charge in [0.15, 0.2) is 0 Å². The first-order chi connectivity index (χ1) is 8.88. The van der Waals surface area contributed by atoms with E-state index in [0.29, 0.717) is 19.4 Å². The minimum atomic E-state index is -1.14. The summed E-state index contributed by atoms with van der Waals surface area (Å²) in [5, 5.41) is 8.43. The van der Waals surface area contributed by atoms with Crippen molar-refractivity contribution in [3.8, 4) is 0 Å². The Morgan fingerprint density at radius 1 is 1.00 bits per heavy atom. The van der Waals surface area contributed by atoms with Crippen LogP contribution in [0.4, 0.5) is 0 Å². The summed E-state index contributed by atoms with van der Waals surface area (Å²) in [5.41, 5.74) is 16.2. The fourth-order valence-electron chi connectivity index (χ4n) is 1.27. The van der Waals surface area contributed by atoms with E-state index >= 15 is 0 Å². The Balaban J connectivity index is 4.02. The average molecular weight is 275 g/mol. The zero-order valence-corrected chi connectivity index (χ0v) is 10.7. The first-order valence-electron chi connectivity index (χ1n) is 6.07. The zero-order chi connectivity index (χ0) is 14.8. The van der Waals surface area contributed by atoms with Gasteiger partial charge in [0.2, 0.25) is 0 Å². The number of nitrogens with two attached hydrogens (primary N) is 3. The summed E-state index contributed by atoms with van der Waals surface area (Å²) in [6.45, 7) is 0.501.